The van der Waals surface area contributed by atoms with Crippen LogP contribution in [0.25, 0.3) is 0 Å². The zero-order valence-corrected chi connectivity index (χ0v) is 20.0. The first-order valence-electron chi connectivity index (χ1n) is 9.58. The first-order chi connectivity index (χ1) is 14.6. The summed E-state index contributed by atoms with van der Waals surface area (Å²) < 4.78 is 17.9. The number of methoxy groups -OCH3 is 1. The SMILES string of the molecule is COc1cccc[c]1[Bi]1[O]C(=O)C(Cc2ccccc2)(Cc2ccccc2)C(=O)[O]1. The van der Waals surface area contributed by atoms with E-state index in [-0.39, 0.29) is 12.8 Å². The molecule has 0 atom stereocenters. The van der Waals surface area contributed by atoms with Gasteiger partial charge < -0.3 is 0 Å². The Balaban J connectivity index is 1.69. The van der Waals surface area contributed by atoms with Gasteiger partial charge in [0.15, 0.2) is 0 Å². The molecule has 0 saturated carbocycles. The van der Waals surface area contributed by atoms with Gasteiger partial charge in [-0.05, 0) is 0 Å². The summed E-state index contributed by atoms with van der Waals surface area (Å²) in [5.74, 6) is -0.431. The standard InChI is InChI=1S/C17H16O4.C7H7O.Bi/c18-15(19)17(16(20)21,11-13-7-3-1-4-8-13)12-14-9-5-2-6-10-14;1-8-7-5-3-2-4-6-7;/h1-10H,11-12H2,(H,18,19)(H,20,21);2-5H,1H3;/q;;+2/p-2. The predicted molar refractivity (Wildman–Crippen MR) is 113 cm³/mol. The van der Waals surface area contributed by atoms with E-state index in [0.29, 0.717) is 9.02 Å². The molecule has 152 valence electrons. The second-order valence-electron chi connectivity index (χ2n) is 7.09. The van der Waals surface area contributed by atoms with Gasteiger partial charge in [0.05, 0.1) is 0 Å². The zero-order valence-electron chi connectivity index (χ0n) is 16.5. The van der Waals surface area contributed by atoms with Crippen molar-refractivity contribution in [3.8, 4) is 5.75 Å². The Hall–Kier alpha value is -2.72. The average molecular weight is 598 g/mol. The molecular formula is C24H21BiO5. The predicted octanol–water partition coefficient (Wildman–Crippen LogP) is 2.96. The summed E-state index contributed by atoms with van der Waals surface area (Å²) in [6, 6.07) is 26.2. The molecule has 0 amide bonds. The number of benzene rings is 3. The van der Waals surface area contributed by atoms with Crippen molar-refractivity contribution < 1.29 is 20.0 Å². The van der Waals surface area contributed by atoms with E-state index in [1.54, 1.807) is 19.2 Å². The number of para-hydroxylation sites is 1. The van der Waals surface area contributed by atoms with Crippen molar-refractivity contribution in [1.82, 2.24) is 0 Å². The average Bonchev–Trinajstić information content (AvgIpc) is 2.78. The van der Waals surface area contributed by atoms with Gasteiger partial charge in [0.1, 0.15) is 0 Å². The fourth-order valence-corrected chi connectivity index (χ4v) is 9.14. The van der Waals surface area contributed by atoms with Crippen molar-refractivity contribution in [2.24, 2.45) is 5.41 Å². The molecule has 1 aliphatic heterocycles. The van der Waals surface area contributed by atoms with E-state index in [4.69, 9.17) is 10.4 Å². The van der Waals surface area contributed by atoms with Crippen LogP contribution in [0.5, 0.6) is 5.75 Å². The molecule has 0 N–H and O–H groups in total. The number of hydrogen-bond donors (Lipinski definition) is 0. The van der Waals surface area contributed by atoms with E-state index in [1.807, 2.05) is 72.8 Å². The summed E-state index contributed by atoms with van der Waals surface area (Å²) >= 11 is -3.54. The summed E-state index contributed by atoms with van der Waals surface area (Å²) in [7, 11) is 1.55. The van der Waals surface area contributed by atoms with Crippen LogP contribution >= 0.6 is 0 Å². The molecule has 5 nitrogen and oxygen atoms in total. The van der Waals surface area contributed by atoms with Gasteiger partial charge in [0.25, 0.3) is 0 Å². The Bertz CT molecular complexity index is 974. The Morgan fingerprint density at radius 3 is 1.70 bits per heavy atom. The summed E-state index contributed by atoms with van der Waals surface area (Å²) in [5, 5.41) is 0. The van der Waals surface area contributed by atoms with Crippen LogP contribution in [0.2, 0.25) is 0 Å². The maximum atomic E-state index is 13.4. The minimum atomic E-state index is -3.54. The molecule has 0 aromatic heterocycles. The molecule has 0 bridgehead atoms. The van der Waals surface area contributed by atoms with Gasteiger partial charge in [-0.2, -0.15) is 0 Å². The molecule has 6 heteroatoms. The van der Waals surface area contributed by atoms with Crippen molar-refractivity contribution in [2.75, 3.05) is 7.11 Å². The summed E-state index contributed by atoms with van der Waals surface area (Å²) in [5.41, 5.74) is 0.358. The maximum absolute atomic E-state index is 13.4. The molecule has 0 radical (unpaired) electrons. The molecule has 0 aliphatic carbocycles. The fourth-order valence-electron chi connectivity index (χ4n) is 3.55. The molecule has 0 spiro atoms. The van der Waals surface area contributed by atoms with E-state index in [1.165, 1.54) is 0 Å². The van der Waals surface area contributed by atoms with Crippen LogP contribution in [-0.4, -0.2) is 41.7 Å². The van der Waals surface area contributed by atoms with E-state index in [9.17, 15) is 9.59 Å². The monoisotopic (exact) mass is 598 g/mol. The van der Waals surface area contributed by atoms with Gasteiger partial charge in [-0.1, -0.05) is 0 Å². The fraction of sp³-hybridized carbons (Fsp3) is 0.167. The van der Waals surface area contributed by atoms with Crippen LogP contribution in [0.1, 0.15) is 11.1 Å². The first-order valence-corrected chi connectivity index (χ1v) is 14.2. The molecule has 3 aromatic carbocycles. The summed E-state index contributed by atoms with van der Waals surface area (Å²) in [6.45, 7) is 0. The van der Waals surface area contributed by atoms with Crippen molar-refractivity contribution >= 4 is 37.8 Å². The van der Waals surface area contributed by atoms with Crippen molar-refractivity contribution in [3.63, 3.8) is 0 Å². The van der Waals surface area contributed by atoms with Crippen molar-refractivity contribution in [2.45, 2.75) is 12.8 Å². The van der Waals surface area contributed by atoms with Gasteiger partial charge in [0, 0.05) is 0 Å². The van der Waals surface area contributed by atoms with Crippen LogP contribution in [0, 0.1) is 5.41 Å². The third-order valence-electron chi connectivity index (χ3n) is 5.09. The van der Waals surface area contributed by atoms with Crippen LogP contribution in [0.3, 0.4) is 0 Å². The molecule has 3 aromatic rings. The normalized spacial score (nSPS) is 15.9. The number of carbonyl (C=O) groups excluding carboxylic acids is 2. The number of rotatable bonds is 6. The molecule has 0 unspecified atom stereocenters. The minimum absolute atomic E-state index is 0.226. The van der Waals surface area contributed by atoms with Gasteiger partial charge in [0.2, 0.25) is 0 Å². The molecule has 4 rings (SSSR count). The van der Waals surface area contributed by atoms with Crippen LogP contribution < -0.4 is 8.01 Å². The Morgan fingerprint density at radius 2 is 1.20 bits per heavy atom. The number of ether oxygens (including phenoxy) is 1. The quantitative estimate of drug-likeness (QED) is 0.323. The third kappa shape index (κ3) is 4.10. The second kappa shape index (κ2) is 8.97. The van der Waals surface area contributed by atoms with Gasteiger partial charge >= 0.3 is 185 Å². The third-order valence-corrected chi connectivity index (χ3v) is 10.6. The van der Waals surface area contributed by atoms with Crippen LogP contribution in [-0.2, 0) is 28.1 Å². The topological polar surface area (TPSA) is 61.8 Å². The number of carbonyl (C=O) groups is 2. The van der Waals surface area contributed by atoms with E-state index >= 15 is 0 Å². The van der Waals surface area contributed by atoms with Crippen LogP contribution in [0.4, 0.5) is 0 Å². The van der Waals surface area contributed by atoms with Crippen molar-refractivity contribution in [1.29, 1.82) is 0 Å². The summed E-state index contributed by atoms with van der Waals surface area (Å²) in [4.78, 5) is 26.8. The molecule has 1 aliphatic rings. The molecule has 1 fully saturated rings. The number of hydrogen-bond acceptors (Lipinski definition) is 5. The van der Waals surface area contributed by atoms with Gasteiger partial charge in [-0.15, -0.1) is 0 Å². The van der Waals surface area contributed by atoms with E-state index < -0.39 is 40.0 Å². The van der Waals surface area contributed by atoms with Gasteiger partial charge in [-0.3, -0.25) is 0 Å². The molecular weight excluding hydrogens is 577 g/mol. The Labute approximate surface area is 184 Å². The first kappa shape index (κ1) is 20.6. The zero-order chi connectivity index (χ0) is 21.0. The van der Waals surface area contributed by atoms with Gasteiger partial charge in [-0.25, -0.2) is 0 Å². The Morgan fingerprint density at radius 1 is 0.733 bits per heavy atom. The molecule has 30 heavy (non-hydrogen) atoms. The molecule has 1 saturated heterocycles. The second-order valence-corrected chi connectivity index (χ2v) is 12.4. The summed E-state index contributed by atoms with van der Waals surface area (Å²) in [6.07, 6.45) is 0.452. The van der Waals surface area contributed by atoms with E-state index in [0.717, 1.165) is 11.1 Å². The Kier molecular flexibility index (Phi) is 6.14. The van der Waals surface area contributed by atoms with Crippen molar-refractivity contribution in [3.05, 3.63) is 96.1 Å². The van der Waals surface area contributed by atoms with Crippen LogP contribution in [0.15, 0.2) is 84.9 Å². The molecule has 1 heterocycles. The van der Waals surface area contributed by atoms with E-state index in [2.05, 4.69) is 0 Å².